The van der Waals surface area contributed by atoms with Crippen molar-refractivity contribution in [3.8, 4) is 0 Å². The third-order valence-electron chi connectivity index (χ3n) is 3.91. The molecule has 0 aliphatic carbocycles. The van der Waals surface area contributed by atoms with E-state index in [2.05, 4.69) is 31.0 Å². The first kappa shape index (κ1) is 12.2. The van der Waals surface area contributed by atoms with Crippen LogP contribution in [0.2, 0.25) is 0 Å². The van der Waals surface area contributed by atoms with Gasteiger partial charge in [0.05, 0.1) is 0 Å². The summed E-state index contributed by atoms with van der Waals surface area (Å²) in [5, 5.41) is 3.57. The fourth-order valence-corrected chi connectivity index (χ4v) is 2.86. The predicted molar refractivity (Wildman–Crippen MR) is 74.0 cm³/mol. The van der Waals surface area contributed by atoms with Gasteiger partial charge in [0.1, 0.15) is 0 Å². The quantitative estimate of drug-likeness (QED) is 0.619. The molecule has 92 valence electrons. The van der Waals surface area contributed by atoms with Crippen molar-refractivity contribution in [2.75, 3.05) is 12.3 Å². The minimum atomic E-state index is 0.459. The number of piperidine rings is 1. The monoisotopic (exact) mass is 230 g/mol. The highest BCUT2D eigenvalue weighted by molar-refractivity contribution is 5.48. The normalized spacial score (nSPS) is 28.9. The van der Waals surface area contributed by atoms with Gasteiger partial charge in [-0.2, -0.15) is 0 Å². The lowest BCUT2D eigenvalue weighted by atomic mass is 9.79. The Labute approximate surface area is 104 Å². The predicted octanol–water partition coefficient (Wildman–Crippen LogP) is 2.93. The van der Waals surface area contributed by atoms with Gasteiger partial charge in [-0.05, 0) is 29.9 Å². The van der Waals surface area contributed by atoms with Crippen molar-refractivity contribution in [2.24, 2.45) is 5.92 Å². The molecule has 3 unspecified atom stereocenters. The Bertz CT molecular complexity index is 386. The number of rotatable bonds is 3. The van der Waals surface area contributed by atoms with Gasteiger partial charge in [0, 0.05) is 18.3 Å². The van der Waals surface area contributed by atoms with E-state index in [1.165, 1.54) is 18.4 Å². The van der Waals surface area contributed by atoms with Crippen LogP contribution in [0, 0.1) is 5.92 Å². The number of benzene rings is 1. The molecule has 17 heavy (non-hydrogen) atoms. The summed E-state index contributed by atoms with van der Waals surface area (Å²) in [4.78, 5) is 0. The van der Waals surface area contributed by atoms with Crippen LogP contribution in [0.1, 0.15) is 31.2 Å². The highest BCUT2D eigenvalue weighted by atomic mass is 14.9. The maximum Gasteiger partial charge on any atom is 0.0349 e. The van der Waals surface area contributed by atoms with Crippen molar-refractivity contribution in [1.82, 2.24) is 5.32 Å². The van der Waals surface area contributed by atoms with Crippen LogP contribution in [0.3, 0.4) is 0 Å². The topological polar surface area (TPSA) is 38.0 Å². The number of anilines is 1. The van der Waals surface area contributed by atoms with Crippen LogP contribution in [0.5, 0.6) is 0 Å². The summed E-state index contributed by atoms with van der Waals surface area (Å²) in [6.45, 7) is 7.16. The molecular weight excluding hydrogens is 208 g/mol. The van der Waals surface area contributed by atoms with Crippen LogP contribution in [0.15, 0.2) is 36.9 Å². The summed E-state index contributed by atoms with van der Waals surface area (Å²) >= 11 is 0. The molecule has 0 spiro atoms. The molecule has 0 aromatic heterocycles. The van der Waals surface area contributed by atoms with E-state index in [0.717, 1.165) is 12.2 Å². The zero-order valence-electron chi connectivity index (χ0n) is 10.5. The van der Waals surface area contributed by atoms with Gasteiger partial charge in [-0.1, -0.05) is 37.6 Å². The molecule has 1 fully saturated rings. The zero-order chi connectivity index (χ0) is 12.3. The SMILES string of the molecule is C=CC1NCC(c2ccccc2N)CC1CC. The summed E-state index contributed by atoms with van der Waals surface area (Å²) in [7, 11) is 0. The lowest BCUT2D eigenvalue weighted by Crippen LogP contribution is -2.43. The Kier molecular flexibility index (Phi) is 3.85. The molecule has 3 N–H and O–H groups in total. The third-order valence-corrected chi connectivity index (χ3v) is 3.91. The summed E-state index contributed by atoms with van der Waals surface area (Å²) < 4.78 is 0. The summed E-state index contributed by atoms with van der Waals surface area (Å²) in [5.41, 5.74) is 8.27. The Morgan fingerprint density at radius 3 is 2.88 bits per heavy atom. The Morgan fingerprint density at radius 1 is 1.47 bits per heavy atom. The molecule has 0 bridgehead atoms. The van der Waals surface area contributed by atoms with Crippen molar-refractivity contribution in [3.05, 3.63) is 42.5 Å². The van der Waals surface area contributed by atoms with Gasteiger partial charge in [0.25, 0.3) is 0 Å². The average Bonchev–Trinajstić information content (AvgIpc) is 2.38. The van der Waals surface area contributed by atoms with Crippen molar-refractivity contribution in [3.63, 3.8) is 0 Å². The van der Waals surface area contributed by atoms with E-state index in [0.29, 0.717) is 17.9 Å². The van der Waals surface area contributed by atoms with Gasteiger partial charge in [-0.15, -0.1) is 6.58 Å². The van der Waals surface area contributed by atoms with Gasteiger partial charge in [-0.3, -0.25) is 0 Å². The van der Waals surface area contributed by atoms with Gasteiger partial charge < -0.3 is 11.1 Å². The Hall–Kier alpha value is -1.28. The molecule has 1 saturated heterocycles. The second kappa shape index (κ2) is 5.37. The maximum absolute atomic E-state index is 6.06. The number of hydrogen-bond acceptors (Lipinski definition) is 2. The van der Waals surface area contributed by atoms with Crippen LogP contribution in [-0.4, -0.2) is 12.6 Å². The Balaban J connectivity index is 2.15. The van der Waals surface area contributed by atoms with Crippen molar-refractivity contribution in [1.29, 1.82) is 0 Å². The smallest absolute Gasteiger partial charge is 0.0349 e. The first-order chi connectivity index (χ1) is 8.26. The lowest BCUT2D eigenvalue weighted by molar-refractivity contribution is 0.285. The molecule has 1 aromatic rings. The standard InChI is InChI=1S/C15H22N2/c1-3-11-9-12(10-17-15(11)4-2)13-7-5-6-8-14(13)16/h4-8,11-12,15,17H,2-3,9-10,16H2,1H3. The summed E-state index contributed by atoms with van der Waals surface area (Å²) in [5.74, 6) is 1.21. The van der Waals surface area contributed by atoms with Gasteiger partial charge in [-0.25, -0.2) is 0 Å². The van der Waals surface area contributed by atoms with Gasteiger partial charge >= 0.3 is 0 Å². The zero-order valence-corrected chi connectivity index (χ0v) is 10.5. The van der Waals surface area contributed by atoms with Crippen LogP contribution >= 0.6 is 0 Å². The lowest BCUT2D eigenvalue weighted by Gasteiger charge is -2.36. The number of nitrogens with one attached hydrogen (secondary N) is 1. The van der Waals surface area contributed by atoms with Crippen molar-refractivity contribution < 1.29 is 0 Å². The molecule has 0 amide bonds. The Morgan fingerprint density at radius 2 is 2.24 bits per heavy atom. The van der Waals surface area contributed by atoms with Crippen LogP contribution in [0.25, 0.3) is 0 Å². The molecule has 1 aliphatic rings. The van der Waals surface area contributed by atoms with E-state index in [1.54, 1.807) is 0 Å². The highest BCUT2D eigenvalue weighted by Gasteiger charge is 2.28. The first-order valence-electron chi connectivity index (χ1n) is 6.46. The number of nitrogen functional groups attached to an aromatic ring is 1. The molecule has 1 heterocycles. The minimum absolute atomic E-state index is 0.459. The van der Waals surface area contributed by atoms with Crippen molar-refractivity contribution >= 4 is 5.69 Å². The van der Waals surface area contributed by atoms with Crippen molar-refractivity contribution in [2.45, 2.75) is 31.7 Å². The van der Waals surface area contributed by atoms with E-state index in [1.807, 2.05) is 18.2 Å². The molecule has 0 radical (unpaired) electrons. The molecule has 0 saturated carbocycles. The van der Waals surface area contributed by atoms with E-state index in [4.69, 9.17) is 5.73 Å². The first-order valence-corrected chi connectivity index (χ1v) is 6.46. The minimum Gasteiger partial charge on any atom is -0.398 e. The number of hydrogen-bond donors (Lipinski definition) is 2. The highest BCUT2D eigenvalue weighted by Crippen LogP contribution is 2.33. The second-order valence-electron chi connectivity index (χ2n) is 4.90. The van der Waals surface area contributed by atoms with E-state index in [9.17, 15) is 0 Å². The maximum atomic E-state index is 6.06. The fraction of sp³-hybridized carbons (Fsp3) is 0.467. The van der Waals surface area contributed by atoms with E-state index < -0.39 is 0 Å². The number of nitrogens with two attached hydrogens (primary N) is 1. The molecule has 2 rings (SSSR count). The number of para-hydroxylation sites is 1. The van der Waals surface area contributed by atoms with Gasteiger partial charge in [0.15, 0.2) is 0 Å². The average molecular weight is 230 g/mol. The van der Waals surface area contributed by atoms with Crippen LogP contribution in [0.4, 0.5) is 5.69 Å². The molecule has 2 nitrogen and oxygen atoms in total. The molecule has 1 aliphatic heterocycles. The third kappa shape index (κ3) is 2.52. The van der Waals surface area contributed by atoms with Crippen LogP contribution in [-0.2, 0) is 0 Å². The molecular formula is C15H22N2. The second-order valence-corrected chi connectivity index (χ2v) is 4.90. The largest absolute Gasteiger partial charge is 0.398 e. The fourth-order valence-electron chi connectivity index (χ4n) is 2.86. The molecule has 2 heteroatoms. The molecule has 1 aromatic carbocycles. The van der Waals surface area contributed by atoms with Crippen LogP contribution < -0.4 is 11.1 Å². The molecule has 3 atom stereocenters. The summed E-state index contributed by atoms with van der Waals surface area (Å²) in [6, 6.07) is 8.69. The van der Waals surface area contributed by atoms with E-state index in [-0.39, 0.29) is 0 Å². The summed E-state index contributed by atoms with van der Waals surface area (Å²) in [6.07, 6.45) is 4.43. The van der Waals surface area contributed by atoms with Gasteiger partial charge in [0.2, 0.25) is 0 Å². The van der Waals surface area contributed by atoms with E-state index >= 15 is 0 Å².